The van der Waals surface area contributed by atoms with E-state index in [2.05, 4.69) is 10.6 Å². The fourth-order valence-corrected chi connectivity index (χ4v) is 2.40. The third-order valence-corrected chi connectivity index (χ3v) is 3.60. The van der Waals surface area contributed by atoms with Crippen LogP contribution in [0.2, 0.25) is 0 Å². The van der Waals surface area contributed by atoms with Crippen LogP contribution in [0, 0.1) is 0 Å². The lowest BCUT2D eigenvalue weighted by Crippen LogP contribution is -2.61. The number of amides is 3. The maximum absolute atomic E-state index is 11.9. The number of carbonyl (C=O) groups excluding carboxylic acids is 2. The van der Waals surface area contributed by atoms with Gasteiger partial charge in [-0.2, -0.15) is 0 Å². The highest BCUT2D eigenvalue weighted by atomic mass is 32.1. The number of hydrogen-bond donors (Lipinski definition) is 3. The van der Waals surface area contributed by atoms with Crippen LogP contribution in [0.1, 0.15) is 4.88 Å². The first kappa shape index (κ1) is 13.3. The second kappa shape index (κ2) is 5.70. The lowest BCUT2D eigenvalue weighted by atomic mass is 10.2. The number of hydrogen-bond acceptors (Lipinski definition) is 4. The number of piperazine rings is 1. The molecule has 1 atom stereocenters. The Hall–Kier alpha value is -2.09. The van der Waals surface area contributed by atoms with Gasteiger partial charge in [0.2, 0.25) is 5.91 Å². The zero-order valence-electron chi connectivity index (χ0n) is 9.96. The quantitative estimate of drug-likeness (QED) is 0.718. The smallest absolute Gasteiger partial charge is 0.328 e. The number of carbonyl (C=O) groups is 3. The van der Waals surface area contributed by atoms with Gasteiger partial charge in [0.05, 0.1) is 6.54 Å². The van der Waals surface area contributed by atoms with Crippen molar-refractivity contribution >= 4 is 29.2 Å². The Morgan fingerprint density at radius 3 is 3.00 bits per heavy atom. The van der Waals surface area contributed by atoms with E-state index in [1.54, 1.807) is 0 Å². The van der Waals surface area contributed by atoms with Crippen molar-refractivity contribution in [3.05, 3.63) is 22.4 Å². The van der Waals surface area contributed by atoms with Gasteiger partial charge in [-0.05, 0) is 11.4 Å². The van der Waals surface area contributed by atoms with Crippen LogP contribution >= 0.6 is 11.3 Å². The van der Waals surface area contributed by atoms with Crippen molar-refractivity contribution < 1.29 is 19.5 Å². The molecule has 19 heavy (non-hydrogen) atoms. The summed E-state index contributed by atoms with van der Waals surface area (Å²) >= 11 is 1.49. The van der Waals surface area contributed by atoms with Crippen LogP contribution in [-0.2, 0) is 16.1 Å². The maximum atomic E-state index is 11.9. The summed E-state index contributed by atoms with van der Waals surface area (Å²) in [7, 11) is 0. The number of aliphatic carboxylic acids is 1. The molecule has 0 aromatic carbocycles. The minimum atomic E-state index is -1.13. The van der Waals surface area contributed by atoms with Crippen molar-refractivity contribution in [2.45, 2.75) is 12.6 Å². The fraction of sp³-hybridized carbons (Fsp3) is 0.364. The summed E-state index contributed by atoms with van der Waals surface area (Å²) in [6, 6.07) is 2.15. The molecule has 0 radical (unpaired) electrons. The van der Waals surface area contributed by atoms with E-state index in [4.69, 9.17) is 5.11 Å². The number of nitrogens with zero attached hydrogens (tertiary/aromatic N) is 1. The zero-order valence-corrected chi connectivity index (χ0v) is 10.8. The van der Waals surface area contributed by atoms with Gasteiger partial charge in [-0.3, -0.25) is 9.69 Å². The first-order chi connectivity index (χ1) is 9.08. The van der Waals surface area contributed by atoms with E-state index in [1.807, 2.05) is 17.5 Å². The largest absolute Gasteiger partial charge is 0.480 e. The highest BCUT2D eigenvalue weighted by molar-refractivity contribution is 7.09. The Kier molecular flexibility index (Phi) is 4.00. The molecule has 7 nitrogen and oxygen atoms in total. The van der Waals surface area contributed by atoms with Crippen molar-refractivity contribution in [2.75, 3.05) is 13.1 Å². The van der Waals surface area contributed by atoms with Gasteiger partial charge in [-0.25, -0.2) is 9.59 Å². The topological polar surface area (TPSA) is 98.7 Å². The molecule has 1 saturated heterocycles. The molecular formula is C11H13N3O4S. The predicted octanol–water partition coefficient (Wildman–Crippen LogP) is -0.157. The van der Waals surface area contributed by atoms with Crippen LogP contribution in [0.5, 0.6) is 0 Å². The van der Waals surface area contributed by atoms with Gasteiger partial charge in [-0.1, -0.05) is 6.07 Å². The Morgan fingerprint density at radius 2 is 2.37 bits per heavy atom. The molecule has 2 rings (SSSR count). The van der Waals surface area contributed by atoms with Gasteiger partial charge in [0.15, 0.2) is 0 Å². The van der Waals surface area contributed by atoms with E-state index in [1.165, 1.54) is 11.3 Å². The summed E-state index contributed by atoms with van der Waals surface area (Å²) < 4.78 is 0. The van der Waals surface area contributed by atoms with Crippen LogP contribution < -0.4 is 10.6 Å². The average Bonchev–Trinajstić information content (AvgIpc) is 2.88. The van der Waals surface area contributed by atoms with E-state index < -0.39 is 18.0 Å². The zero-order chi connectivity index (χ0) is 13.8. The summed E-state index contributed by atoms with van der Waals surface area (Å²) in [5.74, 6) is -1.49. The average molecular weight is 283 g/mol. The number of rotatable bonds is 3. The summed E-state index contributed by atoms with van der Waals surface area (Å²) in [5, 5.41) is 16.0. The lowest BCUT2D eigenvalue weighted by molar-refractivity contribution is -0.144. The highest BCUT2D eigenvalue weighted by Gasteiger charge is 2.35. The van der Waals surface area contributed by atoms with Crippen LogP contribution in [0.25, 0.3) is 0 Å². The van der Waals surface area contributed by atoms with E-state index in [0.717, 1.165) is 9.78 Å². The van der Waals surface area contributed by atoms with Crippen molar-refractivity contribution in [3.63, 3.8) is 0 Å². The minimum absolute atomic E-state index is 0.0689. The molecule has 1 unspecified atom stereocenters. The van der Waals surface area contributed by atoms with Gasteiger partial charge in [0.25, 0.3) is 0 Å². The number of nitrogens with one attached hydrogen (secondary N) is 2. The van der Waals surface area contributed by atoms with Gasteiger partial charge in [0.1, 0.15) is 12.6 Å². The highest BCUT2D eigenvalue weighted by Crippen LogP contribution is 2.09. The maximum Gasteiger partial charge on any atom is 0.328 e. The number of urea groups is 1. The number of carboxylic acid groups (broad SMARTS) is 1. The summed E-state index contributed by atoms with van der Waals surface area (Å²) in [5.41, 5.74) is 0. The molecule has 1 aliphatic heterocycles. The molecule has 1 aromatic heterocycles. The third kappa shape index (κ3) is 3.22. The van der Waals surface area contributed by atoms with Gasteiger partial charge in [-0.15, -0.1) is 11.3 Å². The van der Waals surface area contributed by atoms with Crippen LogP contribution in [0.15, 0.2) is 17.5 Å². The molecule has 1 aromatic rings. The van der Waals surface area contributed by atoms with Crippen LogP contribution in [-0.4, -0.2) is 47.0 Å². The molecule has 0 aliphatic carbocycles. The molecule has 3 N–H and O–H groups in total. The summed E-state index contributed by atoms with van der Waals surface area (Å²) in [6.07, 6.45) is 0. The molecular weight excluding hydrogens is 270 g/mol. The minimum Gasteiger partial charge on any atom is -0.480 e. The third-order valence-electron chi connectivity index (χ3n) is 2.72. The van der Waals surface area contributed by atoms with E-state index in [0.29, 0.717) is 6.54 Å². The second-order valence-corrected chi connectivity index (χ2v) is 5.06. The standard InChI is InChI=1S/C11H13N3O4S/c15-9-6-14(8(5-12-9)10(16)17)11(18)13-4-7-2-1-3-19-7/h1-3,8H,4-6H2,(H,12,15)(H,13,18)(H,16,17). The fourth-order valence-electron chi connectivity index (χ4n) is 1.75. The molecule has 0 bridgehead atoms. The molecule has 3 amide bonds. The molecule has 2 heterocycles. The van der Waals surface area contributed by atoms with Gasteiger partial charge in [0, 0.05) is 11.4 Å². The predicted molar refractivity (Wildman–Crippen MR) is 67.7 cm³/mol. The van der Waals surface area contributed by atoms with Gasteiger partial charge < -0.3 is 15.7 Å². The first-order valence-corrected chi connectivity index (χ1v) is 6.52. The van der Waals surface area contributed by atoms with E-state index in [-0.39, 0.29) is 19.0 Å². The van der Waals surface area contributed by atoms with Gasteiger partial charge >= 0.3 is 12.0 Å². The molecule has 1 aliphatic rings. The normalized spacial score (nSPS) is 18.8. The van der Waals surface area contributed by atoms with Crippen molar-refractivity contribution in [2.24, 2.45) is 0 Å². The SMILES string of the molecule is O=C1CN(C(=O)NCc2cccs2)C(C(=O)O)CN1. The Morgan fingerprint density at radius 1 is 1.58 bits per heavy atom. The Balaban J connectivity index is 1.98. The van der Waals surface area contributed by atoms with E-state index in [9.17, 15) is 14.4 Å². The monoisotopic (exact) mass is 283 g/mol. The molecule has 0 saturated carbocycles. The lowest BCUT2D eigenvalue weighted by Gasteiger charge is -2.32. The van der Waals surface area contributed by atoms with Crippen LogP contribution in [0.4, 0.5) is 4.79 Å². The van der Waals surface area contributed by atoms with Crippen molar-refractivity contribution in [1.29, 1.82) is 0 Å². The first-order valence-electron chi connectivity index (χ1n) is 5.64. The van der Waals surface area contributed by atoms with E-state index >= 15 is 0 Å². The van der Waals surface area contributed by atoms with Crippen molar-refractivity contribution in [1.82, 2.24) is 15.5 Å². The second-order valence-electron chi connectivity index (χ2n) is 4.02. The van der Waals surface area contributed by atoms with Crippen LogP contribution in [0.3, 0.4) is 0 Å². The number of thiophene rings is 1. The Labute approximate surface area is 113 Å². The Bertz CT molecular complexity index is 488. The molecule has 8 heteroatoms. The summed E-state index contributed by atoms with van der Waals surface area (Å²) in [4.78, 5) is 36.2. The van der Waals surface area contributed by atoms with Crippen molar-refractivity contribution in [3.8, 4) is 0 Å². The summed E-state index contributed by atoms with van der Waals surface area (Å²) in [6.45, 7) is 0.00872. The molecule has 102 valence electrons. The molecule has 1 fully saturated rings. The molecule has 0 spiro atoms. The number of carboxylic acids is 1.